The number of nitrogens with zero attached hydrogens (tertiary/aromatic N) is 1. The number of phosphoric acid groups is 1. The first-order valence-electron chi connectivity index (χ1n) is 33.7. The molecule has 2 unspecified atom stereocenters. The van der Waals surface area contributed by atoms with Crippen molar-refractivity contribution in [3.05, 3.63) is 36.5 Å². The number of rotatable bonds is 63. The Labute approximate surface area is 484 Å². The fraction of sp³-hybridized carbons (Fsp3) is 0.882. The maximum absolute atomic E-state index is 12.8. The fourth-order valence-electron chi connectivity index (χ4n) is 9.92. The van der Waals surface area contributed by atoms with Crippen molar-refractivity contribution in [1.82, 2.24) is 0 Å². The molecule has 0 aliphatic carbocycles. The number of carbonyl (C=O) groups is 2. The Morgan fingerprint density at radius 1 is 0.397 bits per heavy atom. The molecule has 0 aromatic heterocycles. The van der Waals surface area contributed by atoms with Crippen LogP contribution in [0.3, 0.4) is 0 Å². The zero-order valence-corrected chi connectivity index (χ0v) is 53.3. The van der Waals surface area contributed by atoms with E-state index in [0.717, 1.165) is 38.5 Å². The zero-order chi connectivity index (χ0) is 57.0. The minimum Gasteiger partial charge on any atom is -0.756 e. The molecule has 0 rings (SSSR count). The minimum atomic E-state index is -4.64. The second kappa shape index (κ2) is 59.8. The van der Waals surface area contributed by atoms with Crippen LogP contribution in [0.5, 0.6) is 0 Å². The Morgan fingerprint density at radius 2 is 0.692 bits per heavy atom. The van der Waals surface area contributed by atoms with E-state index in [1.54, 1.807) is 0 Å². The molecule has 2 atom stereocenters. The molecule has 0 N–H and O–H groups in total. The number of unbranched alkanes of at least 4 members (excludes halogenated alkanes) is 43. The predicted molar refractivity (Wildman–Crippen MR) is 333 cm³/mol. The normalized spacial score (nSPS) is 13.4. The molecule has 78 heavy (non-hydrogen) atoms. The summed E-state index contributed by atoms with van der Waals surface area (Å²) >= 11 is 0. The Morgan fingerprint density at radius 3 is 1.03 bits per heavy atom. The van der Waals surface area contributed by atoms with Crippen LogP contribution in [0, 0.1) is 0 Å². The number of esters is 2. The minimum absolute atomic E-state index is 0.0286. The summed E-state index contributed by atoms with van der Waals surface area (Å²) in [5.41, 5.74) is 0. The molecular weight excluding hydrogens is 990 g/mol. The standard InChI is InChI=1S/C68H130NO8P/c1-6-8-10-12-14-16-18-20-22-24-26-28-30-32-33-34-35-37-39-41-43-45-47-49-51-53-55-57-59-61-68(71)77-66(65-76-78(72,73)75-63-62-69(3,4)5)64-74-67(70)60-58-56-54-52-50-48-46-44-42-40-38-36-31-29-27-25-23-21-19-17-15-13-11-9-7-2/h18,20,24-27,66H,6-17,19,21-23,28-65H2,1-5H3/b20-18-,26-24-,27-25-. The van der Waals surface area contributed by atoms with Crippen LogP contribution in [0.25, 0.3) is 0 Å². The molecule has 0 aromatic rings. The average molecular weight is 1120 g/mol. The van der Waals surface area contributed by atoms with Gasteiger partial charge in [0.1, 0.15) is 19.8 Å². The molecule has 0 aromatic carbocycles. The van der Waals surface area contributed by atoms with Gasteiger partial charge in [-0.1, -0.05) is 288 Å². The molecule has 0 heterocycles. The summed E-state index contributed by atoms with van der Waals surface area (Å²) in [4.78, 5) is 38.0. The first-order chi connectivity index (χ1) is 38.0. The van der Waals surface area contributed by atoms with Crippen LogP contribution < -0.4 is 4.89 Å². The van der Waals surface area contributed by atoms with Crippen LogP contribution >= 0.6 is 7.82 Å². The molecule has 460 valence electrons. The van der Waals surface area contributed by atoms with Crippen molar-refractivity contribution in [2.45, 2.75) is 341 Å². The van der Waals surface area contributed by atoms with Crippen molar-refractivity contribution in [3.8, 4) is 0 Å². The molecule has 0 radical (unpaired) electrons. The van der Waals surface area contributed by atoms with E-state index in [2.05, 4.69) is 50.3 Å². The summed E-state index contributed by atoms with van der Waals surface area (Å²) in [6.07, 6.45) is 75.0. The van der Waals surface area contributed by atoms with Gasteiger partial charge in [-0.2, -0.15) is 0 Å². The summed E-state index contributed by atoms with van der Waals surface area (Å²) in [5, 5.41) is 0. The zero-order valence-electron chi connectivity index (χ0n) is 52.4. The maximum Gasteiger partial charge on any atom is 0.306 e. The second-order valence-corrected chi connectivity index (χ2v) is 25.6. The third kappa shape index (κ3) is 63.4. The van der Waals surface area contributed by atoms with Gasteiger partial charge < -0.3 is 27.9 Å². The highest BCUT2D eigenvalue weighted by Crippen LogP contribution is 2.38. The SMILES string of the molecule is CCCCCCC/C=C\C/C=C\CCCCCCCCCCCCCCCCCCCC(=O)OC(COC(=O)CCCCCCCCCCCCCCC/C=C\CCCCCCCCCC)COP(=O)([O-])OCC[N+](C)(C)C. The largest absolute Gasteiger partial charge is 0.756 e. The van der Waals surface area contributed by atoms with Gasteiger partial charge in [-0.15, -0.1) is 0 Å². The smallest absolute Gasteiger partial charge is 0.306 e. The van der Waals surface area contributed by atoms with E-state index in [9.17, 15) is 19.0 Å². The third-order valence-electron chi connectivity index (χ3n) is 15.1. The number of ether oxygens (including phenoxy) is 2. The molecule has 0 saturated heterocycles. The quantitative estimate of drug-likeness (QED) is 0.0195. The van der Waals surface area contributed by atoms with Gasteiger partial charge in [0.15, 0.2) is 6.10 Å². The average Bonchev–Trinajstić information content (AvgIpc) is 3.41. The van der Waals surface area contributed by atoms with Crippen molar-refractivity contribution in [1.29, 1.82) is 0 Å². The van der Waals surface area contributed by atoms with Gasteiger partial charge in [-0.3, -0.25) is 14.2 Å². The highest BCUT2D eigenvalue weighted by Gasteiger charge is 2.22. The lowest BCUT2D eigenvalue weighted by atomic mass is 10.0. The fourth-order valence-corrected chi connectivity index (χ4v) is 10.6. The van der Waals surface area contributed by atoms with Crippen LogP contribution in [0.1, 0.15) is 335 Å². The third-order valence-corrected chi connectivity index (χ3v) is 16.1. The van der Waals surface area contributed by atoms with E-state index in [4.69, 9.17) is 18.5 Å². The van der Waals surface area contributed by atoms with Crippen LogP contribution in [-0.2, 0) is 32.7 Å². The lowest BCUT2D eigenvalue weighted by molar-refractivity contribution is -0.870. The monoisotopic (exact) mass is 1120 g/mol. The van der Waals surface area contributed by atoms with Gasteiger partial charge in [-0.25, -0.2) is 0 Å². The lowest BCUT2D eigenvalue weighted by Crippen LogP contribution is -2.37. The number of hydrogen-bond donors (Lipinski definition) is 0. The molecule has 0 bridgehead atoms. The van der Waals surface area contributed by atoms with E-state index in [1.165, 1.54) is 263 Å². The molecular formula is C68H130NO8P. The van der Waals surface area contributed by atoms with Gasteiger partial charge in [0.05, 0.1) is 27.7 Å². The van der Waals surface area contributed by atoms with Crippen molar-refractivity contribution in [2.75, 3.05) is 47.5 Å². The van der Waals surface area contributed by atoms with Crippen LogP contribution in [-0.4, -0.2) is 70.0 Å². The molecule has 0 fully saturated rings. The van der Waals surface area contributed by atoms with E-state index in [0.29, 0.717) is 17.4 Å². The van der Waals surface area contributed by atoms with E-state index in [1.807, 2.05) is 21.1 Å². The summed E-state index contributed by atoms with van der Waals surface area (Å²) in [6, 6.07) is 0. The Bertz CT molecular complexity index is 1410. The first-order valence-corrected chi connectivity index (χ1v) is 35.2. The molecule has 0 amide bonds. The highest BCUT2D eigenvalue weighted by atomic mass is 31.2. The van der Waals surface area contributed by atoms with Gasteiger partial charge in [0, 0.05) is 12.8 Å². The van der Waals surface area contributed by atoms with Gasteiger partial charge in [0.25, 0.3) is 7.82 Å². The topological polar surface area (TPSA) is 111 Å². The van der Waals surface area contributed by atoms with E-state index in [-0.39, 0.29) is 32.0 Å². The van der Waals surface area contributed by atoms with Gasteiger partial charge in [0.2, 0.25) is 0 Å². The first kappa shape index (κ1) is 76.2. The number of likely N-dealkylation sites (N-methyl/N-ethyl adjacent to an activating group) is 1. The van der Waals surface area contributed by atoms with E-state index >= 15 is 0 Å². The number of hydrogen-bond acceptors (Lipinski definition) is 8. The van der Waals surface area contributed by atoms with Crippen molar-refractivity contribution in [2.24, 2.45) is 0 Å². The molecule has 10 heteroatoms. The van der Waals surface area contributed by atoms with Gasteiger partial charge >= 0.3 is 11.9 Å². The molecule has 0 spiro atoms. The summed E-state index contributed by atoms with van der Waals surface area (Å²) in [7, 11) is 1.18. The Hall–Kier alpha value is -1.77. The number of phosphoric ester groups is 1. The summed E-state index contributed by atoms with van der Waals surface area (Å²) in [6.45, 7) is 4.29. The highest BCUT2D eigenvalue weighted by molar-refractivity contribution is 7.45. The van der Waals surface area contributed by atoms with Crippen LogP contribution in [0.2, 0.25) is 0 Å². The molecule has 0 aliphatic heterocycles. The van der Waals surface area contributed by atoms with Crippen molar-refractivity contribution < 1.29 is 42.1 Å². The Kier molecular flexibility index (Phi) is 58.5. The van der Waals surface area contributed by atoms with Crippen LogP contribution in [0.15, 0.2) is 36.5 Å². The molecule has 0 aliphatic rings. The number of quaternary nitrogens is 1. The molecule has 9 nitrogen and oxygen atoms in total. The van der Waals surface area contributed by atoms with Gasteiger partial charge in [-0.05, 0) is 70.6 Å². The number of allylic oxidation sites excluding steroid dienone is 6. The van der Waals surface area contributed by atoms with Crippen molar-refractivity contribution >= 4 is 19.8 Å². The predicted octanol–water partition coefficient (Wildman–Crippen LogP) is 20.9. The summed E-state index contributed by atoms with van der Waals surface area (Å²) < 4.78 is 34.3. The number of carbonyl (C=O) groups excluding carboxylic acids is 2. The Balaban J connectivity index is 4.04. The maximum atomic E-state index is 12.8. The second-order valence-electron chi connectivity index (χ2n) is 24.2. The summed E-state index contributed by atoms with van der Waals surface area (Å²) in [5.74, 6) is -0.815. The van der Waals surface area contributed by atoms with Crippen LogP contribution in [0.4, 0.5) is 0 Å². The molecule has 0 saturated carbocycles. The van der Waals surface area contributed by atoms with E-state index < -0.39 is 26.5 Å². The van der Waals surface area contributed by atoms with Crippen molar-refractivity contribution in [3.63, 3.8) is 0 Å². The lowest BCUT2D eigenvalue weighted by Gasteiger charge is -2.28.